The van der Waals surface area contributed by atoms with Crippen LogP contribution < -0.4 is 5.32 Å². The van der Waals surface area contributed by atoms with Gasteiger partial charge < -0.3 is 14.7 Å². The van der Waals surface area contributed by atoms with E-state index in [2.05, 4.69) is 10.5 Å². The van der Waals surface area contributed by atoms with E-state index in [9.17, 15) is 14.4 Å². The zero-order valence-corrected chi connectivity index (χ0v) is 15.6. The van der Waals surface area contributed by atoms with E-state index in [0.717, 1.165) is 0 Å². The lowest BCUT2D eigenvalue weighted by Gasteiger charge is -2.18. The van der Waals surface area contributed by atoms with Crippen LogP contribution in [0, 0.1) is 6.92 Å². The molecule has 1 N–H and O–H groups in total. The van der Waals surface area contributed by atoms with Crippen LogP contribution in [0.2, 0.25) is 0 Å². The quantitative estimate of drug-likeness (QED) is 0.661. The highest BCUT2D eigenvalue weighted by Crippen LogP contribution is 2.19. The number of benzene rings is 1. The molecule has 0 bridgehead atoms. The number of anilines is 1. The molecule has 0 aliphatic carbocycles. The van der Waals surface area contributed by atoms with Crippen molar-refractivity contribution in [1.29, 1.82) is 0 Å². The maximum absolute atomic E-state index is 12.8. The van der Waals surface area contributed by atoms with Gasteiger partial charge in [0.05, 0.1) is 17.0 Å². The number of aryl methyl sites for hydroxylation is 1. The first-order valence-electron chi connectivity index (χ1n) is 8.11. The largest absolute Gasteiger partial charge is 0.360 e. The van der Waals surface area contributed by atoms with Crippen molar-refractivity contribution < 1.29 is 18.9 Å². The molecule has 1 aromatic carbocycles. The van der Waals surface area contributed by atoms with Crippen molar-refractivity contribution in [2.24, 2.45) is 0 Å². The van der Waals surface area contributed by atoms with Crippen LogP contribution in [-0.2, 0) is 4.79 Å². The predicted molar refractivity (Wildman–Crippen MR) is 101 cm³/mol. The molecule has 3 rings (SSSR count). The summed E-state index contributed by atoms with van der Waals surface area (Å²) in [5.74, 6) is -0.199. The minimum atomic E-state index is -0.416. The molecule has 0 spiro atoms. The molecule has 2 aromatic heterocycles. The van der Waals surface area contributed by atoms with Gasteiger partial charge in [0.2, 0.25) is 11.7 Å². The Hall–Kier alpha value is -3.26. The second-order valence-corrected chi connectivity index (χ2v) is 6.83. The average Bonchev–Trinajstić information content (AvgIpc) is 3.32. The Bertz CT molecular complexity index is 979. The number of thiophene rings is 1. The minimum Gasteiger partial charge on any atom is -0.360 e. The van der Waals surface area contributed by atoms with Crippen LogP contribution in [0.1, 0.15) is 31.4 Å². The Morgan fingerprint density at radius 1 is 1.15 bits per heavy atom. The fourth-order valence-corrected chi connectivity index (χ4v) is 3.19. The first-order valence-corrected chi connectivity index (χ1v) is 8.99. The van der Waals surface area contributed by atoms with E-state index in [1.54, 1.807) is 54.8 Å². The van der Waals surface area contributed by atoms with Crippen molar-refractivity contribution >= 4 is 34.8 Å². The molecule has 0 saturated carbocycles. The molecule has 2 heterocycles. The van der Waals surface area contributed by atoms with Crippen LogP contribution in [0.5, 0.6) is 0 Å². The van der Waals surface area contributed by atoms with E-state index >= 15 is 0 Å². The fraction of sp³-hybridized carbons (Fsp3) is 0.158. The van der Waals surface area contributed by atoms with Gasteiger partial charge >= 0.3 is 0 Å². The molecule has 0 unspecified atom stereocenters. The number of hydrogen-bond donors (Lipinski definition) is 1. The molecule has 0 fully saturated rings. The van der Waals surface area contributed by atoms with Gasteiger partial charge in [-0.3, -0.25) is 14.4 Å². The average molecular weight is 383 g/mol. The van der Waals surface area contributed by atoms with Gasteiger partial charge in [-0.25, -0.2) is 0 Å². The third kappa shape index (κ3) is 4.29. The molecule has 7 nitrogen and oxygen atoms in total. The highest BCUT2D eigenvalue weighted by Gasteiger charge is 2.22. The van der Waals surface area contributed by atoms with Gasteiger partial charge in [0, 0.05) is 18.7 Å². The van der Waals surface area contributed by atoms with Crippen LogP contribution in [-0.4, -0.2) is 41.2 Å². The molecule has 3 aromatic rings. The van der Waals surface area contributed by atoms with Crippen LogP contribution in [0.25, 0.3) is 0 Å². The Balaban J connectivity index is 1.73. The maximum Gasteiger partial charge on any atom is 0.254 e. The summed E-state index contributed by atoms with van der Waals surface area (Å²) in [5.41, 5.74) is 0.563. The van der Waals surface area contributed by atoms with Crippen molar-refractivity contribution in [1.82, 2.24) is 10.1 Å². The van der Waals surface area contributed by atoms with E-state index in [-0.39, 0.29) is 23.7 Å². The minimum absolute atomic E-state index is 0.188. The number of ketones is 1. The van der Waals surface area contributed by atoms with Gasteiger partial charge in [-0.05, 0) is 24.4 Å². The summed E-state index contributed by atoms with van der Waals surface area (Å²) in [4.78, 5) is 39.4. The molecule has 0 radical (unpaired) electrons. The fourth-order valence-electron chi connectivity index (χ4n) is 2.51. The van der Waals surface area contributed by atoms with E-state index in [0.29, 0.717) is 16.2 Å². The summed E-state index contributed by atoms with van der Waals surface area (Å²) < 4.78 is 4.88. The van der Waals surface area contributed by atoms with Gasteiger partial charge in [-0.1, -0.05) is 29.4 Å². The molecule has 27 heavy (non-hydrogen) atoms. The second kappa shape index (κ2) is 7.96. The summed E-state index contributed by atoms with van der Waals surface area (Å²) in [6.07, 6.45) is 0. The number of carbonyl (C=O) groups excluding carboxylic acids is 3. The second-order valence-electron chi connectivity index (χ2n) is 5.88. The lowest BCUT2D eigenvalue weighted by Crippen LogP contribution is -2.35. The molecule has 0 aliphatic heterocycles. The molecular formula is C19H17N3O4S. The van der Waals surface area contributed by atoms with E-state index in [4.69, 9.17) is 4.52 Å². The van der Waals surface area contributed by atoms with Crippen LogP contribution in [0.15, 0.2) is 52.4 Å². The van der Waals surface area contributed by atoms with E-state index in [1.807, 2.05) is 0 Å². The first-order chi connectivity index (χ1) is 13.0. The standard InChI is InChI=1S/C19H17N3O4S/c1-12-10-16(21-26-12)20-17(23)11-22(2)19(25)14-7-4-3-6-13(14)18(24)15-8-5-9-27-15/h3-10H,11H2,1-2H3,(H,20,21,23). The summed E-state index contributed by atoms with van der Waals surface area (Å²) in [7, 11) is 1.50. The predicted octanol–water partition coefficient (Wildman–Crippen LogP) is 2.99. The monoisotopic (exact) mass is 383 g/mol. The van der Waals surface area contributed by atoms with E-state index in [1.165, 1.54) is 23.3 Å². The molecular weight excluding hydrogens is 366 g/mol. The summed E-state index contributed by atoms with van der Waals surface area (Å²) >= 11 is 1.31. The van der Waals surface area contributed by atoms with Crippen molar-refractivity contribution in [2.45, 2.75) is 6.92 Å². The zero-order valence-electron chi connectivity index (χ0n) is 14.8. The number of hydrogen-bond acceptors (Lipinski definition) is 6. The lowest BCUT2D eigenvalue weighted by molar-refractivity contribution is -0.116. The number of rotatable bonds is 6. The van der Waals surface area contributed by atoms with Gasteiger partial charge in [0.25, 0.3) is 5.91 Å². The van der Waals surface area contributed by atoms with Gasteiger partial charge in [-0.15, -0.1) is 11.3 Å². The van der Waals surface area contributed by atoms with Crippen molar-refractivity contribution in [3.63, 3.8) is 0 Å². The third-order valence-electron chi connectivity index (χ3n) is 3.77. The first kappa shape index (κ1) is 18.5. The number of aromatic nitrogens is 1. The summed E-state index contributed by atoms with van der Waals surface area (Å²) in [5, 5.41) is 8.04. The van der Waals surface area contributed by atoms with E-state index < -0.39 is 11.8 Å². The Morgan fingerprint density at radius 2 is 1.89 bits per heavy atom. The van der Waals surface area contributed by atoms with Crippen molar-refractivity contribution in [3.05, 3.63) is 69.6 Å². The third-order valence-corrected chi connectivity index (χ3v) is 4.64. The van der Waals surface area contributed by atoms with Gasteiger partial charge in [0.15, 0.2) is 5.82 Å². The summed E-state index contributed by atoms with van der Waals surface area (Å²) in [6, 6.07) is 11.7. The van der Waals surface area contributed by atoms with Crippen LogP contribution >= 0.6 is 11.3 Å². The number of amides is 2. The number of nitrogens with zero attached hydrogens (tertiary/aromatic N) is 2. The zero-order chi connectivity index (χ0) is 19.4. The van der Waals surface area contributed by atoms with Crippen LogP contribution in [0.4, 0.5) is 5.82 Å². The highest BCUT2D eigenvalue weighted by atomic mass is 32.1. The van der Waals surface area contributed by atoms with Gasteiger partial charge in [-0.2, -0.15) is 0 Å². The molecule has 0 saturated heterocycles. The maximum atomic E-state index is 12.8. The highest BCUT2D eigenvalue weighted by molar-refractivity contribution is 7.12. The smallest absolute Gasteiger partial charge is 0.254 e. The van der Waals surface area contributed by atoms with Crippen LogP contribution in [0.3, 0.4) is 0 Å². The Labute approximate surface area is 159 Å². The molecule has 2 amide bonds. The Kier molecular flexibility index (Phi) is 5.46. The molecule has 8 heteroatoms. The summed E-state index contributed by atoms with van der Waals surface area (Å²) in [6.45, 7) is 1.52. The Morgan fingerprint density at radius 3 is 2.52 bits per heavy atom. The number of carbonyl (C=O) groups is 3. The van der Waals surface area contributed by atoms with Crippen molar-refractivity contribution in [2.75, 3.05) is 18.9 Å². The van der Waals surface area contributed by atoms with Crippen molar-refractivity contribution in [3.8, 4) is 0 Å². The topological polar surface area (TPSA) is 92.5 Å². The normalized spacial score (nSPS) is 10.4. The molecule has 0 aliphatic rings. The molecule has 0 atom stereocenters. The molecule has 138 valence electrons. The van der Waals surface area contributed by atoms with Gasteiger partial charge in [0.1, 0.15) is 5.76 Å². The lowest BCUT2D eigenvalue weighted by atomic mass is 10.0. The number of nitrogens with one attached hydrogen (secondary N) is 1. The number of likely N-dealkylation sites (N-methyl/N-ethyl adjacent to an activating group) is 1. The SMILES string of the molecule is Cc1cc(NC(=O)CN(C)C(=O)c2ccccc2C(=O)c2cccs2)no1.